The van der Waals surface area contributed by atoms with Crippen molar-refractivity contribution in [3.8, 4) is 28.6 Å². The van der Waals surface area contributed by atoms with Crippen LogP contribution in [0.1, 0.15) is 11.1 Å². The second kappa shape index (κ2) is 7.56. The fraction of sp³-hybridized carbons (Fsp3) is 0.190. The van der Waals surface area contributed by atoms with E-state index in [4.69, 9.17) is 14.2 Å². The third-order valence-electron chi connectivity index (χ3n) is 4.58. The van der Waals surface area contributed by atoms with Gasteiger partial charge >= 0.3 is 0 Å². The van der Waals surface area contributed by atoms with Crippen LogP contribution < -0.4 is 24.3 Å². The molecule has 4 rings (SSSR count). The van der Waals surface area contributed by atoms with Gasteiger partial charge in [0.15, 0.2) is 17.3 Å². The zero-order chi connectivity index (χ0) is 20.5. The van der Waals surface area contributed by atoms with E-state index in [0.717, 1.165) is 11.1 Å². The molecule has 0 spiro atoms. The van der Waals surface area contributed by atoms with E-state index in [1.54, 1.807) is 33.5 Å². The zero-order valence-electron chi connectivity index (χ0n) is 16.4. The summed E-state index contributed by atoms with van der Waals surface area (Å²) in [7, 11) is 4.65. The van der Waals surface area contributed by atoms with Gasteiger partial charge in [-0.2, -0.15) is 0 Å². The first-order chi connectivity index (χ1) is 14.1. The largest absolute Gasteiger partial charge is 0.493 e. The predicted octanol–water partition coefficient (Wildman–Crippen LogP) is 2.70. The molecule has 0 bridgehead atoms. The number of ether oxygens (including phenoxy) is 3. The summed E-state index contributed by atoms with van der Waals surface area (Å²) in [4.78, 5) is 13.6. The molecule has 0 aliphatic rings. The molecule has 7 nitrogen and oxygen atoms in total. The molecule has 2 heterocycles. The van der Waals surface area contributed by atoms with Gasteiger partial charge in [0.2, 0.25) is 10.7 Å². The van der Waals surface area contributed by atoms with Crippen molar-refractivity contribution in [3.05, 3.63) is 62.4 Å². The van der Waals surface area contributed by atoms with Crippen LogP contribution in [0.5, 0.6) is 17.2 Å². The minimum Gasteiger partial charge on any atom is -0.493 e. The maximum absolute atomic E-state index is 13.1. The Morgan fingerprint density at radius 1 is 0.931 bits per heavy atom. The van der Waals surface area contributed by atoms with Crippen LogP contribution in [0.3, 0.4) is 0 Å². The van der Waals surface area contributed by atoms with Gasteiger partial charge in [0.1, 0.15) is 0 Å². The molecule has 2 aromatic carbocycles. The lowest BCUT2D eigenvalue weighted by molar-refractivity contribution is 0.324. The van der Waals surface area contributed by atoms with Gasteiger partial charge in [-0.15, -0.1) is 10.2 Å². The van der Waals surface area contributed by atoms with Gasteiger partial charge in [0.05, 0.1) is 25.9 Å². The number of aromatic nitrogens is 3. The summed E-state index contributed by atoms with van der Waals surface area (Å²) in [5, 5.41) is 8.38. The molecule has 0 saturated carbocycles. The fourth-order valence-corrected chi connectivity index (χ4v) is 4.03. The Labute approximate surface area is 170 Å². The van der Waals surface area contributed by atoms with Crippen LogP contribution >= 0.6 is 11.3 Å². The molecule has 0 atom stereocenters. The minimum atomic E-state index is -0.178. The fourth-order valence-electron chi connectivity index (χ4n) is 3.13. The van der Waals surface area contributed by atoms with Gasteiger partial charge in [-0.05, 0) is 25.1 Å². The van der Waals surface area contributed by atoms with Gasteiger partial charge in [0.25, 0.3) is 5.56 Å². The third-order valence-corrected chi connectivity index (χ3v) is 5.54. The topological polar surface area (TPSA) is 75.0 Å². The van der Waals surface area contributed by atoms with Crippen LogP contribution in [0.4, 0.5) is 0 Å². The number of nitrogens with zero attached hydrogens (tertiary/aromatic N) is 3. The number of methoxy groups -OCH3 is 3. The number of aryl methyl sites for hydroxylation is 1. The second-order valence-corrected chi connectivity index (χ2v) is 7.36. The van der Waals surface area contributed by atoms with Gasteiger partial charge in [0, 0.05) is 11.1 Å². The van der Waals surface area contributed by atoms with Crippen LogP contribution in [-0.2, 0) is 0 Å². The van der Waals surface area contributed by atoms with E-state index in [-0.39, 0.29) is 5.56 Å². The van der Waals surface area contributed by atoms with Gasteiger partial charge < -0.3 is 14.2 Å². The summed E-state index contributed by atoms with van der Waals surface area (Å²) < 4.78 is 18.3. The Bertz CT molecular complexity index is 1290. The van der Waals surface area contributed by atoms with E-state index in [9.17, 15) is 4.79 Å². The number of thiazole rings is 1. The van der Waals surface area contributed by atoms with Crippen LogP contribution in [0.25, 0.3) is 22.4 Å². The molecular formula is C21H19N3O4S. The lowest BCUT2D eigenvalue weighted by Crippen LogP contribution is -2.23. The highest BCUT2D eigenvalue weighted by Crippen LogP contribution is 2.40. The lowest BCUT2D eigenvalue weighted by Gasteiger charge is -2.13. The van der Waals surface area contributed by atoms with Crippen LogP contribution in [0, 0.1) is 6.92 Å². The highest BCUT2D eigenvalue weighted by atomic mass is 32.1. The van der Waals surface area contributed by atoms with E-state index in [2.05, 4.69) is 10.2 Å². The molecule has 0 saturated heterocycles. The highest BCUT2D eigenvalue weighted by Gasteiger charge is 2.17. The standard InChI is InChI=1S/C21H19N3O4S/c1-12-5-7-13(8-6-12)19-22-23-21-24(19)20(25)16(29-21)11-14-9-10-15(26-2)18(28-4)17(14)27-3/h5-11H,1-4H3/b16-11-. The molecule has 0 unspecified atom stereocenters. The Balaban J connectivity index is 1.90. The molecule has 0 radical (unpaired) electrons. The Morgan fingerprint density at radius 2 is 1.66 bits per heavy atom. The van der Waals surface area contributed by atoms with Crippen molar-refractivity contribution in [2.45, 2.75) is 6.92 Å². The molecule has 8 heteroatoms. The van der Waals surface area contributed by atoms with E-state index in [1.807, 2.05) is 37.3 Å². The number of benzene rings is 2. The van der Waals surface area contributed by atoms with Crippen molar-refractivity contribution < 1.29 is 14.2 Å². The SMILES string of the molecule is COc1ccc(/C=c2\sc3nnc(-c4ccc(C)cc4)n3c2=O)c(OC)c1OC. The van der Waals surface area contributed by atoms with Crippen LogP contribution in [-0.4, -0.2) is 35.9 Å². The summed E-state index contributed by atoms with van der Waals surface area (Å²) in [5.74, 6) is 2.05. The molecular weight excluding hydrogens is 390 g/mol. The Hall–Kier alpha value is -3.39. The number of hydrogen-bond acceptors (Lipinski definition) is 7. The monoisotopic (exact) mass is 409 g/mol. The average molecular weight is 409 g/mol. The number of hydrogen-bond donors (Lipinski definition) is 0. The zero-order valence-corrected chi connectivity index (χ0v) is 17.2. The van der Waals surface area contributed by atoms with Gasteiger partial charge in [-0.1, -0.05) is 41.2 Å². The summed E-state index contributed by atoms with van der Waals surface area (Å²) >= 11 is 1.27. The van der Waals surface area contributed by atoms with Crippen molar-refractivity contribution in [3.63, 3.8) is 0 Å². The normalized spacial score (nSPS) is 11.8. The number of rotatable bonds is 5. The summed E-state index contributed by atoms with van der Waals surface area (Å²) in [5.41, 5.74) is 2.50. The van der Waals surface area contributed by atoms with Crippen molar-refractivity contribution in [1.82, 2.24) is 14.6 Å². The summed E-state index contributed by atoms with van der Waals surface area (Å²) in [6.45, 7) is 2.01. The molecule has 0 fully saturated rings. The van der Waals surface area contributed by atoms with E-state index < -0.39 is 0 Å². The molecule has 0 aliphatic heterocycles. The third kappa shape index (κ3) is 3.21. The summed E-state index contributed by atoms with van der Waals surface area (Å²) in [6.07, 6.45) is 1.77. The van der Waals surface area contributed by atoms with E-state index >= 15 is 0 Å². The van der Waals surface area contributed by atoms with Crippen LogP contribution in [0.15, 0.2) is 41.2 Å². The first-order valence-electron chi connectivity index (χ1n) is 8.83. The van der Waals surface area contributed by atoms with Gasteiger partial charge in [-0.3, -0.25) is 4.79 Å². The first-order valence-corrected chi connectivity index (χ1v) is 9.64. The van der Waals surface area contributed by atoms with Crippen molar-refractivity contribution in [1.29, 1.82) is 0 Å². The Kier molecular flexibility index (Phi) is 4.94. The molecule has 0 amide bonds. The highest BCUT2D eigenvalue weighted by molar-refractivity contribution is 7.15. The second-order valence-electron chi connectivity index (χ2n) is 6.35. The maximum Gasteiger partial charge on any atom is 0.276 e. The molecule has 29 heavy (non-hydrogen) atoms. The molecule has 0 aliphatic carbocycles. The van der Waals surface area contributed by atoms with E-state index in [0.29, 0.717) is 38.1 Å². The predicted molar refractivity (Wildman–Crippen MR) is 112 cm³/mol. The first kappa shape index (κ1) is 18.9. The molecule has 148 valence electrons. The van der Waals surface area contributed by atoms with Gasteiger partial charge in [-0.25, -0.2) is 4.40 Å². The minimum absolute atomic E-state index is 0.178. The maximum atomic E-state index is 13.1. The van der Waals surface area contributed by atoms with Crippen LogP contribution in [0.2, 0.25) is 0 Å². The van der Waals surface area contributed by atoms with Crippen molar-refractivity contribution in [2.75, 3.05) is 21.3 Å². The Morgan fingerprint density at radius 3 is 2.31 bits per heavy atom. The molecule has 2 aromatic heterocycles. The lowest BCUT2D eigenvalue weighted by atomic mass is 10.1. The van der Waals surface area contributed by atoms with E-state index in [1.165, 1.54) is 15.7 Å². The smallest absolute Gasteiger partial charge is 0.276 e. The molecule has 4 aromatic rings. The summed E-state index contributed by atoms with van der Waals surface area (Å²) in [6, 6.07) is 11.4. The van der Waals surface area contributed by atoms with Crippen molar-refractivity contribution in [2.24, 2.45) is 0 Å². The van der Waals surface area contributed by atoms with Crippen molar-refractivity contribution >= 4 is 22.4 Å². The number of fused-ring (bicyclic) bond motifs is 1. The quantitative estimate of drug-likeness (QED) is 0.505. The molecule has 0 N–H and O–H groups in total. The average Bonchev–Trinajstić information content (AvgIpc) is 3.28.